The molecule has 3 aliphatic rings. The highest BCUT2D eigenvalue weighted by atomic mass is 16.5. The van der Waals surface area contributed by atoms with Crippen LogP contribution < -0.4 is 5.48 Å². The summed E-state index contributed by atoms with van der Waals surface area (Å²) in [4.78, 5) is 51.1. The second-order valence-electron chi connectivity index (χ2n) is 9.42. The zero-order valence-corrected chi connectivity index (χ0v) is 19.1. The molecule has 3 rings (SSSR count). The van der Waals surface area contributed by atoms with Gasteiger partial charge in [-0.2, -0.15) is 0 Å². The Kier molecular flexibility index (Phi) is 9.28. The number of hydrogen-bond donors (Lipinski definition) is 2. The van der Waals surface area contributed by atoms with E-state index in [1.165, 1.54) is 49.8 Å². The summed E-state index contributed by atoms with van der Waals surface area (Å²) in [5.41, 5.74) is 0.774. The summed E-state index contributed by atoms with van der Waals surface area (Å²) in [5, 5.41) is 8.96. The summed E-state index contributed by atoms with van der Waals surface area (Å²) in [6.45, 7) is 5.34. The van der Waals surface area contributed by atoms with Crippen LogP contribution >= 0.6 is 0 Å². The highest BCUT2D eigenvalue weighted by Gasteiger charge is 2.50. The highest BCUT2D eigenvalue weighted by Crippen LogP contribution is 2.31. The molecule has 9 heteroatoms. The standard InChI is InChI=1S/C16H27N3O4.C6H11NO/c1-16(2)14(21)19(15(22)18(16)3)10-12(13(20)17-23)9-8-11-6-4-5-7-11;8-6-7-4-2-1-3-5-7/h11-12,23H,4-10H2,1-3H3,(H,17,20);6H,1-5H2/t12-;/m1./s1. The van der Waals surface area contributed by atoms with Crippen LogP contribution in [-0.4, -0.2) is 76.4 Å². The van der Waals surface area contributed by atoms with Gasteiger partial charge in [-0.3, -0.25) is 24.5 Å². The number of rotatable bonds is 7. The van der Waals surface area contributed by atoms with Gasteiger partial charge >= 0.3 is 6.03 Å². The lowest BCUT2D eigenvalue weighted by atomic mass is 9.93. The van der Waals surface area contributed by atoms with Crippen molar-refractivity contribution < 1.29 is 24.4 Å². The Bertz CT molecular complexity index is 642. The van der Waals surface area contributed by atoms with Crippen molar-refractivity contribution >= 4 is 24.3 Å². The number of hydrogen-bond acceptors (Lipinski definition) is 5. The first kappa shape index (κ1) is 25.1. The van der Waals surface area contributed by atoms with Crippen LogP contribution in [0.25, 0.3) is 0 Å². The van der Waals surface area contributed by atoms with Crippen LogP contribution in [0, 0.1) is 11.8 Å². The van der Waals surface area contributed by atoms with Gasteiger partial charge in [0.05, 0.1) is 5.92 Å². The van der Waals surface area contributed by atoms with Crippen LogP contribution in [0.2, 0.25) is 0 Å². The molecule has 2 saturated heterocycles. The monoisotopic (exact) mass is 438 g/mol. The molecular weight excluding hydrogens is 400 g/mol. The number of likely N-dealkylation sites (N-methyl/N-ethyl adjacent to an activating group) is 1. The summed E-state index contributed by atoms with van der Waals surface area (Å²) in [6, 6.07) is -0.392. The highest BCUT2D eigenvalue weighted by molar-refractivity contribution is 6.06. The predicted octanol–water partition coefficient (Wildman–Crippen LogP) is 2.38. The van der Waals surface area contributed by atoms with Crippen LogP contribution in [0.4, 0.5) is 4.79 Å². The molecule has 0 bridgehead atoms. The van der Waals surface area contributed by atoms with Crippen LogP contribution in [0.3, 0.4) is 0 Å². The Morgan fingerprint density at radius 2 is 1.77 bits per heavy atom. The van der Waals surface area contributed by atoms with Gasteiger partial charge in [0.15, 0.2) is 0 Å². The van der Waals surface area contributed by atoms with Crippen molar-refractivity contribution in [3.8, 4) is 0 Å². The molecule has 0 aromatic carbocycles. The van der Waals surface area contributed by atoms with Crippen molar-refractivity contribution in [2.75, 3.05) is 26.7 Å². The lowest BCUT2D eigenvalue weighted by molar-refractivity contribution is -0.136. The molecule has 2 aliphatic heterocycles. The number of carbonyl (C=O) groups is 4. The first-order chi connectivity index (χ1) is 14.7. The van der Waals surface area contributed by atoms with Gasteiger partial charge in [-0.1, -0.05) is 25.7 Å². The van der Waals surface area contributed by atoms with Crippen molar-refractivity contribution in [2.45, 2.75) is 77.2 Å². The molecule has 5 amide bonds. The number of urea groups is 1. The van der Waals surface area contributed by atoms with Gasteiger partial charge in [0.2, 0.25) is 12.3 Å². The van der Waals surface area contributed by atoms with E-state index < -0.39 is 23.4 Å². The predicted molar refractivity (Wildman–Crippen MR) is 115 cm³/mol. The smallest absolute Gasteiger partial charge is 0.327 e. The lowest BCUT2D eigenvalue weighted by Crippen LogP contribution is -2.43. The minimum atomic E-state index is -0.900. The number of carbonyl (C=O) groups excluding carboxylic acids is 4. The second kappa shape index (κ2) is 11.5. The van der Waals surface area contributed by atoms with Crippen LogP contribution in [-0.2, 0) is 14.4 Å². The zero-order chi connectivity index (χ0) is 23.0. The molecule has 3 fully saturated rings. The quantitative estimate of drug-likeness (QED) is 0.274. The zero-order valence-electron chi connectivity index (χ0n) is 19.1. The minimum Gasteiger partial charge on any atom is -0.345 e. The number of hydroxylamine groups is 1. The van der Waals surface area contributed by atoms with Crippen molar-refractivity contribution in [1.82, 2.24) is 20.2 Å². The Hall–Kier alpha value is -2.16. The summed E-state index contributed by atoms with van der Waals surface area (Å²) < 4.78 is 0. The molecular formula is C22H38N4O5. The minimum absolute atomic E-state index is 0.0184. The van der Waals surface area contributed by atoms with E-state index in [0.717, 1.165) is 30.8 Å². The Morgan fingerprint density at radius 1 is 1.16 bits per heavy atom. The number of piperidine rings is 1. The maximum absolute atomic E-state index is 12.4. The fourth-order valence-electron chi connectivity index (χ4n) is 4.52. The molecule has 0 radical (unpaired) electrons. The molecule has 2 heterocycles. The van der Waals surface area contributed by atoms with E-state index >= 15 is 0 Å². The largest absolute Gasteiger partial charge is 0.345 e. The third-order valence-corrected chi connectivity index (χ3v) is 6.95. The van der Waals surface area contributed by atoms with Gasteiger partial charge in [0.25, 0.3) is 5.91 Å². The van der Waals surface area contributed by atoms with E-state index in [9.17, 15) is 19.2 Å². The molecule has 0 spiro atoms. The fraction of sp³-hybridized carbons (Fsp3) is 0.818. The van der Waals surface area contributed by atoms with E-state index in [1.807, 2.05) is 4.90 Å². The second-order valence-corrected chi connectivity index (χ2v) is 9.42. The van der Waals surface area contributed by atoms with Gasteiger partial charge in [0.1, 0.15) is 5.54 Å². The summed E-state index contributed by atoms with van der Waals surface area (Å²) >= 11 is 0. The Morgan fingerprint density at radius 3 is 2.23 bits per heavy atom. The number of nitrogens with zero attached hydrogens (tertiary/aromatic N) is 3. The maximum atomic E-state index is 12.4. The van der Waals surface area contributed by atoms with Gasteiger partial charge in [0, 0.05) is 26.7 Å². The van der Waals surface area contributed by atoms with E-state index in [0.29, 0.717) is 12.3 Å². The van der Waals surface area contributed by atoms with Gasteiger partial charge in [-0.15, -0.1) is 0 Å². The molecule has 31 heavy (non-hydrogen) atoms. The summed E-state index contributed by atoms with van der Waals surface area (Å²) in [6.07, 6.45) is 10.9. The summed E-state index contributed by atoms with van der Waals surface area (Å²) in [7, 11) is 1.58. The number of likely N-dealkylation sites (tertiary alicyclic amines) is 1. The molecule has 176 valence electrons. The van der Waals surface area contributed by atoms with Crippen molar-refractivity contribution in [3.63, 3.8) is 0 Å². The van der Waals surface area contributed by atoms with E-state index in [4.69, 9.17) is 5.21 Å². The van der Waals surface area contributed by atoms with E-state index in [-0.39, 0.29) is 12.5 Å². The van der Waals surface area contributed by atoms with Crippen molar-refractivity contribution in [1.29, 1.82) is 0 Å². The first-order valence-electron chi connectivity index (χ1n) is 11.5. The molecule has 0 aromatic heterocycles. The molecule has 0 unspecified atom stereocenters. The third-order valence-electron chi connectivity index (χ3n) is 6.95. The normalized spacial score (nSPS) is 22.3. The Labute approximate surface area is 185 Å². The number of amides is 5. The number of imide groups is 1. The first-order valence-corrected chi connectivity index (χ1v) is 11.5. The van der Waals surface area contributed by atoms with Gasteiger partial charge in [-0.25, -0.2) is 10.3 Å². The summed E-state index contributed by atoms with van der Waals surface area (Å²) in [5.74, 6) is -0.804. The molecule has 2 N–H and O–H groups in total. The maximum Gasteiger partial charge on any atom is 0.327 e. The van der Waals surface area contributed by atoms with E-state index in [1.54, 1.807) is 26.4 Å². The van der Waals surface area contributed by atoms with Gasteiger partial charge in [-0.05, 0) is 51.9 Å². The molecule has 1 aliphatic carbocycles. The van der Waals surface area contributed by atoms with Crippen LogP contribution in [0.15, 0.2) is 0 Å². The average molecular weight is 439 g/mol. The molecule has 0 aromatic rings. The third kappa shape index (κ3) is 6.41. The lowest BCUT2D eigenvalue weighted by Gasteiger charge is -2.23. The fourth-order valence-corrected chi connectivity index (χ4v) is 4.52. The topological polar surface area (TPSA) is 110 Å². The van der Waals surface area contributed by atoms with Crippen molar-refractivity contribution in [2.24, 2.45) is 11.8 Å². The van der Waals surface area contributed by atoms with E-state index in [2.05, 4.69) is 0 Å². The van der Waals surface area contributed by atoms with Gasteiger partial charge < -0.3 is 9.80 Å². The molecule has 1 atom stereocenters. The number of nitrogens with one attached hydrogen (secondary N) is 1. The SMILES string of the molecule is CN1C(=O)N(C[C@@H](CCC2CCCC2)C(=O)NO)C(=O)C1(C)C.O=CN1CCCCC1. The van der Waals surface area contributed by atoms with Crippen molar-refractivity contribution in [3.05, 3.63) is 0 Å². The average Bonchev–Trinajstić information content (AvgIpc) is 3.35. The molecule has 1 saturated carbocycles. The van der Waals surface area contributed by atoms with Crippen LogP contribution in [0.1, 0.15) is 71.6 Å². The molecule has 9 nitrogen and oxygen atoms in total. The Balaban J connectivity index is 0.000000357. The van der Waals surface area contributed by atoms with Crippen LogP contribution in [0.5, 0.6) is 0 Å².